The first-order valence-electron chi connectivity index (χ1n) is 7.76. The molecular formula is C16H18ClF3N4O. The molecule has 1 fully saturated rings. The van der Waals surface area contributed by atoms with E-state index in [9.17, 15) is 18.0 Å². The van der Waals surface area contributed by atoms with E-state index in [1.165, 1.54) is 6.33 Å². The molecule has 1 atom stereocenters. The maximum atomic E-state index is 12.3. The Balaban J connectivity index is 0.000000511. The minimum absolute atomic E-state index is 0.119. The van der Waals surface area contributed by atoms with E-state index in [0.717, 1.165) is 36.8 Å². The monoisotopic (exact) mass is 374 g/mol. The minimum atomic E-state index is -3.67. The maximum Gasteiger partial charge on any atom is 0.379 e. The lowest BCUT2D eigenvalue weighted by atomic mass is 10.2. The van der Waals surface area contributed by atoms with Gasteiger partial charge in [0.05, 0.1) is 5.52 Å². The second-order valence-electron chi connectivity index (χ2n) is 5.53. The molecule has 1 aliphatic rings. The number of carbonyl (C=O) groups is 1. The van der Waals surface area contributed by atoms with E-state index in [2.05, 4.69) is 15.3 Å². The highest BCUT2D eigenvalue weighted by molar-refractivity contribution is 6.31. The number of likely N-dealkylation sites (tertiary alicyclic amines) is 1. The van der Waals surface area contributed by atoms with Gasteiger partial charge in [-0.05, 0) is 38.0 Å². The topological polar surface area (TPSA) is 58.1 Å². The number of fused-ring (bicyclic) bond motifs is 1. The van der Waals surface area contributed by atoms with Crippen LogP contribution in [0.15, 0.2) is 24.5 Å². The fourth-order valence-corrected chi connectivity index (χ4v) is 2.79. The highest BCUT2D eigenvalue weighted by atomic mass is 35.5. The summed E-state index contributed by atoms with van der Waals surface area (Å²) in [4.78, 5) is 22.7. The summed E-state index contributed by atoms with van der Waals surface area (Å²) in [6.45, 7) is -0.0967. The summed E-state index contributed by atoms with van der Waals surface area (Å²) in [5.74, 6) is 0.782. The van der Waals surface area contributed by atoms with Crippen LogP contribution in [0.5, 0.6) is 0 Å². The molecule has 1 saturated heterocycles. The first kappa shape index (κ1) is 19.2. The summed E-state index contributed by atoms with van der Waals surface area (Å²) in [5, 5.41) is 4.69. The second-order valence-corrected chi connectivity index (χ2v) is 5.97. The van der Waals surface area contributed by atoms with Crippen LogP contribution in [0, 0.1) is 0 Å². The zero-order valence-corrected chi connectivity index (χ0v) is 14.3. The number of alkyl halides is 3. The van der Waals surface area contributed by atoms with Crippen molar-refractivity contribution in [2.24, 2.45) is 0 Å². The Morgan fingerprint density at radius 1 is 1.24 bits per heavy atom. The number of benzene rings is 1. The Hall–Kier alpha value is -2.09. The van der Waals surface area contributed by atoms with Gasteiger partial charge in [-0.15, -0.1) is 0 Å². The summed E-state index contributed by atoms with van der Waals surface area (Å²) in [5.41, 5.74) is 0.765. The molecule has 0 bridgehead atoms. The van der Waals surface area contributed by atoms with E-state index in [4.69, 9.17) is 11.6 Å². The molecule has 5 nitrogen and oxygen atoms in total. The van der Waals surface area contributed by atoms with Crippen LogP contribution in [0.4, 0.5) is 19.0 Å². The van der Waals surface area contributed by atoms with Crippen LogP contribution >= 0.6 is 11.6 Å². The molecule has 2 aromatic rings. The molecule has 1 amide bonds. The van der Waals surface area contributed by atoms with Crippen LogP contribution < -0.4 is 5.32 Å². The maximum absolute atomic E-state index is 12.3. The van der Waals surface area contributed by atoms with E-state index in [1.54, 1.807) is 12.1 Å². The van der Waals surface area contributed by atoms with Crippen molar-refractivity contribution in [3.05, 3.63) is 29.5 Å². The van der Waals surface area contributed by atoms with Gasteiger partial charge in [0.15, 0.2) is 0 Å². The molecule has 136 valence electrons. The molecule has 0 unspecified atom stereocenters. The molecular weight excluding hydrogens is 357 g/mol. The third-order valence-corrected chi connectivity index (χ3v) is 3.98. The molecule has 3 rings (SSSR count). The number of anilines is 1. The van der Waals surface area contributed by atoms with E-state index < -0.39 is 6.68 Å². The van der Waals surface area contributed by atoms with Gasteiger partial charge in [-0.3, -0.25) is 4.79 Å². The van der Waals surface area contributed by atoms with E-state index in [1.807, 2.05) is 17.9 Å². The van der Waals surface area contributed by atoms with Gasteiger partial charge >= 0.3 is 6.68 Å². The number of carbonyl (C=O) groups excluding carboxylic acids is 1. The first-order chi connectivity index (χ1) is 11.9. The number of amides is 1. The molecule has 0 aliphatic carbocycles. The fraction of sp³-hybridized carbons (Fsp3) is 0.438. The van der Waals surface area contributed by atoms with Gasteiger partial charge in [0, 0.05) is 23.5 Å². The van der Waals surface area contributed by atoms with Crippen molar-refractivity contribution in [3.8, 4) is 0 Å². The summed E-state index contributed by atoms with van der Waals surface area (Å²) >= 11 is 5.97. The Labute approximate surface area is 148 Å². The average Bonchev–Trinajstić information content (AvgIpc) is 3.08. The lowest BCUT2D eigenvalue weighted by Gasteiger charge is -2.21. The first-order valence-corrected chi connectivity index (χ1v) is 8.14. The molecule has 0 saturated carbocycles. The summed E-state index contributed by atoms with van der Waals surface area (Å²) < 4.78 is 29.0. The Bertz CT molecular complexity index is 723. The van der Waals surface area contributed by atoms with E-state index in [0.29, 0.717) is 10.8 Å². The van der Waals surface area contributed by atoms with Crippen LogP contribution in [0.2, 0.25) is 5.02 Å². The van der Waals surface area contributed by atoms with Crippen LogP contribution in [0.1, 0.15) is 19.8 Å². The summed E-state index contributed by atoms with van der Waals surface area (Å²) in [6.07, 6.45) is 3.66. The van der Waals surface area contributed by atoms with Crippen molar-refractivity contribution in [3.63, 3.8) is 0 Å². The smallest absolute Gasteiger partial charge is 0.358 e. The highest BCUT2D eigenvalue weighted by Crippen LogP contribution is 2.23. The Kier molecular flexibility index (Phi) is 6.81. The zero-order chi connectivity index (χ0) is 18.4. The number of aromatic nitrogens is 2. The minimum Gasteiger partial charge on any atom is -0.358 e. The van der Waals surface area contributed by atoms with Gasteiger partial charge in [-0.1, -0.05) is 11.6 Å². The highest BCUT2D eigenvalue weighted by Gasteiger charge is 2.23. The third kappa shape index (κ3) is 5.45. The lowest BCUT2D eigenvalue weighted by Crippen LogP contribution is -2.39. The van der Waals surface area contributed by atoms with Crippen molar-refractivity contribution < 1.29 is 18.0 Å². The van der Waals surface area contributed by atoms with Crippen LogP contribution in [-0.4, -0.2) is 46.6 Å². The van der Waals surface area contributed by atoms with Gasteiger partial charge in [-0.25, -0.2) is 9.97 Å². The van der Waals surface area contributed by atoms with Crippen molar-refractivity contribution >= 4 is 34.2 Å². The van der Waals surface area contributed by atoms with Gasteiger partial charge in [0.25, 0.3) is 0 Å². The van der Waals surface area contributed by atoms with Crippen LogP contribution in [0.3, 0.4) is 0 Å². The molecule has 1 N–H and O–H groups in total. The van der Waals surface area contributed by atoms with Crippen molar-refractivity contribution in [1.29, 1.82) is 0 Å². The van der Waals surface area contributed by atoms with Crippen molar-refractivity contribution in [2.45, 2.75) is 32.5 Å². The average molecular weight is 375 g/mol. The standard InChI is InChI=1S/C15H17ClN4O.CHF3/c1-10(15(21)20-6-2-3-7-20)19-14-12-5-4-11(16)8-13(12)17-9-18-14;2-1(3)4/h4-5,8-10H,2-3,6-7H2,1H3,(H,17,18,19);1H/t10-;/m1./s1. The zero-order valence-electron chi connectivity index (χ0n) is 13.6. The molecule has 9 heteroatoms. The predicted octanol–water partition coefficient (Wildman–Crippen LogP) is 3.88. The number of rotatable bonds is 3. The second kappa shape index (κ2) is 8.84. The van der Waals surface area contributed by atoms with Gasteiger partial charge < -0.3 is 10.2 Å². The summed E-state index contributed by atoms with van der Waals surface area (Å²) in [6, 6.07) is 5.15. The number of hydrogen-bond donors (Lipinski definition) is 1. The van der Waals surface area contributed by atoms with E-state index in [-0.39, 0.29) is 11.9 Å². The number of nitrogens with zero attached hydrogens (tertiary/aromatic N) is 3. The lowest BCUT2D eigenvalue weighted by molar-refractivity contribution is -0.130. The predicted molar refractivity (Wildman–Crippen MR) is 90.6 cm³/mol. The van der Waals surface area contributed by atoms with Gasteiger partial charge in [0.2, 0.25) is 5.91 Å². The van der Waals surface area contributed by atoms with Crippen LogP contribution in [0.25, 0.3) is 10.9 Å². The molecule has 1 aliphatic heterocycles. The fourth-order valence-electron chi connectivity index (χ4n) is 2.62. The van der Waals surface area contributed by atoms with Crippen molar-refractivity contribution in [2.75, 3.05) is 18.4 Å². The van der Waals surface area contributed by atoms with Gasteiger partial charge in [-0.2, -0.15) is 13.2 Å². The summed E-state index contributed by atoms with van der Waals surface area (Å²) in [7, 11) is 0. The Morgan fingerprint density at radius 2 is 1.88 bits per heavy atom. The van der Waals surface area contributed by atoms with Crippen molar-refractivity contribution in [1.82, 2.24) is 14.9 Å². The third-order valence-electron chi connectivity index (χ3n) is 3.74. The quantitative estimate of drug-likeness (QED) is 0.885. The molecule has 0 spiro atoms. The Morgan fingerprint density at radius 3 is 2.52 bits per heavy atom. The molecule has 2 heterocycles. The molecule has 1 aromatic heterocycles. The van der Waals surface area contributed by atoms with Crippen LogP contribution in [-0.2, 0) is 4.79 Å². The van der Waals surface area contributed by atoms with Gasteiger partial charge in [0.1, 0.15) is 18.2 Å². The normalized spacial score (nSPS) is 15.0. The molecule has 0 radical (unpaired) electrons. The van der Waals surface area contributed by atoms with E-state index >= 15 is 0 Å². The molecule has 25 heavy (non-hydrogen) atoms. The SMILES string of the molecule is C[C@@H](Nc1ncnc2cc(Cl)ccc12)C(=O)N1CCCC1.FC(F)F. The number of halogens is 4. The number of nitrogens with one attached hydrogen (secondary N) is 1. The molecule has 1 aromatic carbocycles. The number of hydrogen-bond acceptors (Lipinski definition) is 4. The largest absolute Gasteiger partial charge is 0.379 e.